The molecular formula is C31H39FN4O7. The molecule has 2 fully saturated rings. The molecule has 2 atom stereocenters. The van der Waals surface area contributed by atoms with Crippen LogP contribution in [0.15, 0.2) is 36.4 Å². The third-order valence-electron chi connectivity index (χ3n) is 8.31. The average Bonchev–Trinajstić information content (AvgIpc) is 3.02. The highest BCUT2D eigenvalue weighted by Gasteiger charge is 2.45. The third-order valence-corrected chi connectivity index (χ3v) is 8.31. The van der Waals surface area contributed by atoms with E-state index >= 15 is 0 Å². The van der Waals surface area contributed by atoms with Crippen LogP contribution in [0.1, 0.15) is 36.8 Å². The number of hydrogen-bond donors (Lipinski definition) is 3. The molecule has 0 radical (unpaired) electrons. The fraction of sp³-hybridized carbons (Fsp3) is 0.516. The Morgan fingerprint density at radius 3 is 2.63 bits per heavy atom. The van der Waals surface area contributed by atoms with Crippen molar-refractivity contribution in [2.45, 2.75) is 56.4 Å². The van der Waals surface area contributed by atoms with E-state index in [0.717, 1.165) is 5.56 Å². The molecule has 11 nitrogen and oxygen atoms in total. The van der Waals surface area contributed by atoms with Gasteiger partial charge in [-0.15, -0.1) is 0 Å². The molecule has 2 aromatic rings. The van der Waals surface area contributed by atoms with Crippen LogP contribution in [0.2, 0.25) is 0 Å². The lowest BCUT2D eigenvalue weighted by Crippen LogP contribution is -2.63. The first-order valence-corrected chi connectivity index (χ1v) is 14.7. The first kappa shape index (κ1) is 30.6. The molecule has 3 N–H and O–H groups in total. The van der Waals surface area contributed by atoms with Gasteiger partial charge in [0.1, 0.15) is 23.3 Å². The van der Waals surface area contributed by atoms with Crippen molar-refractivity contribution < 1.29 is 37.7 Å². The van der Waals surface area contributed by atoms with Gasteiger partial charge >= 0.3 is 0 Å². The predicted molar refractivity (Wildman–Crippen MR) is 154 cm³/mol. The maximum absolute atomic E-state index is 14.6. The normalized spacial score (nSPS) is 22.8. The molecule has 3 aliphatic rings. The minimum atomic E-state index is -0.926. The molecule has 232 valence electrons. The van der Waals surface area contributed by atoms with Crippen molar-refractivity contribution in [2.24, 2.45) is 0 Å². The molecule has 12 heteroatoms. The monoisotopic (exact) mass is 598 g/mol. The predicted octanol–water partition coefficient (Wildman–Crippen LogP) is 1.71. The van der Waals surface area contributed by atoms with E-state index in [9.17, 15) is 18.8 Å². The number of nitrogens with zero attached hydrogens (tertiary/aromatic N) is 1. The third kappa shape index (κ3) is 7.37. The molecule has 2 saturated heterocycles. The topological polar surface area (TPSA) is 127 Å². The van der Waals surface area contributed by atoms with E-state index in [1.54, 1.807) is 30.2 Å². The van der Waals surface area contributed by atoms with E-state index in [2.05, 4.69) is 16.0 Å². The van der Waals surface area contributed by atoms with Crippen LogP contribution in [0.5, 0.6) is 17.2 Å². The highest BCUT2D eigenvalue weighted by atomic mass is 19.1. The van der Waals surface area contributed by atoms with Gasteiger partial charge in [0.2, 0.25) is 5.91 Å². The minimum Gasteiger partial charge on any atom is -0.493 e. The molecule has 0 spiro atoms. The Morgan fingerprint density at radius 2 is 1.86 bits per heavy atom. The summed E-state index contributed by atoms with van der Waals surface area (Å²) in [6.45, 7) is 1.73. The van der Waals surface area contributed by atoms with E-state index in [-0.39, 0.29) is 43.7 Å². The van der Waals surface area contributed by atoms with E-state index in [1.165, 1.54) is 19.2 Å². The fourth-order valence-corrected chi connectivity index (χ4v) is 5.91. The number of rotatable bonds is 3. The molecule has 0 saturated carbocycles. The van der Waals surface area contributed by atoms with Crippen LogP contribution >= 0.6 is 0 Å². The van der Waals surface area contributed by atoms with E-state index in [4.69, 9.17) is 18.9 Å². The summed E-state index contributed by atoms with van der Waals surface area (Å²) in [6.07, 6.45) is 1.59. The van der Waals surface area contributed by atoms with Gasteiger partial charge in [0.05, 0.1) is 13.2 Å². The summed E-state index contributed by atoms with van der Waals surface area (Å²) in [6, 6.07) is 9.01. The van der Waals surface area contributed by atoms with Crippen LogP contribution in [0.4, 0.5) is 4.39 Å². The van der Waals surface area contributed by atoms with Gasteiger partial charge in [-0.2, -0.15) is 0 Å². The standard InChI is InChI=1S/C31H39FN4O7/c1-40-26-5-3-20-4-6-28(37)34-17-21-13-22(32)16-23(14-21)43-25-7-12-36(30(39)31(41-2)8-10-33-11-9-31)18-24(25)35-29(38)19-42-27(26)15-20/h3,5,13-16,24-25,33H,4,6-12,17-19H2,1-2H3,(H,34,37)(H,35,38)/t24-,25-/m1/s1. The molecule has 3 amide bonds. The summed E-state index contributed by atoms with van der Waals surface area (Å²) in [7, 11) is 3.07. The highest BCUT2D eigenvalue weighted by Crippen LogP contribution is 2.30. The summed E-state index contributed by atoms with van der Waals surface area (Å²) in [5, 5.41) is 9.09. The van der Waals surface area contributed by atoms with Crippen LogP contribution in [-0.2, 0) is 32.1 Å². The van der Waals surface area contributed by atoms with Crippen molar-refractivity contribution in [3.63, 3.8) is 0 Å². The number of ether oxygens (including phenoxy) is 4. The number of carbonyl (C=O) groups excluding carboxylic acids is 3. The molecule has 3 aliphatic heterocycles. The van der Waals surface area contributed by atoms with Crippen LogP contribution in [0.25, 0.3) is 0 Å². The quantitative estimate of drug-likeness (QED) is 0.488. The molecule has 43 heavy (non-hydrogen) atoms. The number of piperidine rings is 2. The van der Waals surface area contributed by atoms with Gasteiger partial charge in [0, 0.05) is 45.7 Å². The van der Waals surface area contributed by atoms with E-state index in [0.29, 0.717) is 62.4 Å². The van der Waals surface area contributed by atoms with Gasteiger partial charge in [-0.1, -0.05) is 6.07 Å². The second-order valence-electron chi connectivity index (χ2n) is 11.2. The number of carbonyl (C=O) groups is 3. The maximum Gasteiger partial charge on any atom is 0.258 e. The van der Waals surface area contributed by atoms with Gasteiger partial charge in [0.15, 0.2) is 18.1 Å². The Hall–Kier alpha value is -3.90. The number of benzene rings is 2. The number of halogens is 1. The van der Waals surface area contributed by atoms with Crippen molar-refractivity contribution in [2.75, 3.05) is 47.0 Å². The second-order valence-corrected chi connectivity index (χ2v) is 11.2. The lowest BCUT2D eigenvalue weighted by molar-refractivity contribution is -0.161. The van der Waals surface area contributed by atoms with Gasteiger partial charge in [-0.3, -0.25) is 14.4 Å². The second kappa shape index (κ2) is 13.6. The highest BCUT2D eigenvalue weighted by molar-refractivity contribution is 5.86. The first-order chi connectivity index (χ1) is 20.8. The number of nitrogens with one attached hydrogen (secondary N) is 3. The smallest absolute Gasteiger partial charge is 0.258 e. The average molecular weight is 599 g/mol. The number of aryl methyl sites for hydroxylation is 1. The van der Waals surface area contributed by atoms with Crippen LogP contribution < -0.4 is 30.2 Å². The molecule has 0 aliphatic carbocycles. The van der Waals surface area contributed by atoms with Gasteiger partial charge in [-0.05, 0) is 67.7 Å². The molecule has 0 unspecified atom stereocenters. The Bertz CT molecular complexity index is 1330. The molecule has 0 aromatic heterocycles. The molecular weight excluding hydrogens is 559 g/mol. The number of methoxy groups -OCH3 is 2. The van der Waals surface area contributed by atoms with E-state index < -0.39 is 29.5 Å². The number of amides is 3. The Labute approximate surface area is 250 Å². The summed E-state index contributed by atoms with van der Waals surface area (Å²) in [4.78, 5) is 41.2. The van der Waals surface area contributed by atoms with Crippen molar-refractivity contribution in [1.29, 1.82) is 0 Å². The maximum atomic E-state index is 14.6. The van der Waals surface area contributed by atoms with Crippen molar-refractivity contribution in [3.8, 4) is 17.2 Å². The van der Waals surface area contributed by atoms with E-state index in [1.807, 2.05) is 6.07 Å². The van der Waals surface area contributed by atoms with Gasteiger partial charge in [0.25, 0.3) is 11.8 Å². The molecule has 5 rings (SSSR count). The molecule has 4 bridgehead atoms. The minimum absolute atomic E-state index is 0.120. The SMILES string of the molecule is COc1ccc2cc1OCC(=O)N[C@@H]1CN(C(=O)C3(OC)CCNCC3)CC[C@H]1Oc1cc(F)cc(c1)CNC(=O)CC2. The van der Waals surface area contributed by atoms with Crippen molar-refractivity contribution >= 4 is 17.7 Å². The fourth-order valence-electron chi connectivity index (χ4n) is 5.91. The summed E-state index contributed by atoms with van der Waals surface area (Å²) < 4.78 is 37.9. The van der Waals surface area contributed by atoms with Crippen LogP contribution in [-0.4, -0.2) is 87.4 Å². The number of likely N-dealkylation sites (tertiary alicyclic amines) is 1. The van der Waals surface area contributed by atoms with Gasteiger partial charge < -0.3 is 39.8 Å². The number of hydrogen-bond acceptors (Lipinski definition) is 8. The summed E-state index contributed by atoms with van der Waals surface area (Å²) in [5.41, 5.74) is 0.455. The zero-order chi connectivity index (χ0) is 30.4. The van der Waals surface area contributed by atoms with Gasteiger partial charge in [-0.25, -0.2) is 4.39 Å². The van der Waals surface area contributed by atoms with Crippen molar-refractivity contribution in [3.05, 3.63) is 53.3 Å². The zero-order valence-corrected chi connectivity index (χ0v) is 24.6. The number of fused-ring (bicyclic) bond motifs is 5. The Morgan fingerprint density at radius 1 is 1.05 bits per heavy atom. The van der Waals surface area contributed by atoms with Crippen LogP contribution in [0.3, 0.4) is 0 Å². The lowest BCUT2D eigenvalue weighted by Gasteiger charge is -2.44. The Kier molecular flexibility index (Phi) is 9.66. The lowest BCUT2D eigenvalue weighted by atomic mass is 9.89. The molecule has 2 aromatic carbocycles. The van der Waals surface area contributed by atoms with Crippen LogP contribution in [0, 0.1) is 5.82 Å². The Balaban J connectivity index is 1.41. The largest absolute Gasteiger partial charge is 0.493 e. The molecule has 3 heterocycles. The summed E-state index contributed by atoms with van der Waals surface area (Å²) in [5.74, 6) is -0.116. The van der Waals surface area contributed by atoms with Crippen molar-refractivity contribution in [1.82, 2.24) is 20.9 Å². The zero-order valence-electron chi connectivity index (χ0n) is 24.6. The summed E-state index contributed by atoms with van der Waals surface area (Å²) >= 11 is 0. The first-order valence-electron chi connectivity index (χ1n) is 14.7.